The Morgan fingerprint density at radius 2 is 1.94 bits per heavy atom. The molecule has 8 heteroatoms. The van der Waals surface area contributed by atoms with Crippen LogP contribution in [0.15, 0.2) is 48.5 Å². The Bertz CT molecular complexity index is 1340. The van der Waals surface area contributed by atoms with Crippen LogP contribution in [0.25, 0.3) is 22.4 Å². The summed E-state index contributed by atoms with van der Waals surface area (Å²) in [5.41, 5.74) is 4.63. The van der Waals surface area contributed by atoms with Gasteiger partial charge in [0, 0.05) is 24.5 Å². The third kappa shape index (κ3) is 4.41. The molecule has 34 heavy (non-hydrogen) atoms. The quantitative estimate of drug-likeness (QED) is 0.417. The molecule has 0 fully saturated rings. The summed E-state index contributed by atoms with van der Waals surface area (Å²) in [5.74, 6) is 0.899. The van der Waals surface area contributed by atoms with Gasteiger partial charge in [0.1, 0.15) is 16.6 Å². The van der Waals surface area contributed by atoms with E-state index in [1.165, 1.54) is 15.3 Å². The molecule has 2 aromatic heterocycles. The molecule has 0 unspecified atom stereocenters. The molecule has 0 saturated carbocycles. The molecule has 1 aliphatic rings. The highest BCUT2D eigenvalue weighted by molar-refractivity contribution is 7.17. The number of hydrogen-bond acceptors (Lipinski definition) is 5. The fourth-order valence-electron chi connectivity index (χ4n) is 4.15. The first kappa shape index (κ1) is 22.2. The number of nitrogens with zero attached hydrogens (tertiary/aromatic N) is 2. The molecule has 2 heterocycles. The van der Waals surface area contributed by atoms with Crippen LogP contribution >= 0.6 is 11.3 Å². The maximum Gasteiger partial charge on any atom is 0.259 e. The number of aromatic nitrogens is 2. The SMILES string of the molecule is CN(C)C(=O)COc1cccc(C(=O)Nc2sc3c(c2-c2nc4ccccc4[nH]2)CCCC3)c1. The second kappa shape index (κ2) is 9.30. The van der Waals surface area contributed by atoms with E-state index >= 15 is 0 Å². The van der Waals surface area contributed by atoms with Crippen LogP contribution in [-0.2, 0) is 17.6 Å². The summed E-state index contributed by atoms with van der Waals surface area (Å²) < 4.78 is 5.58. The van der Waals surface area contributed by atoms with E-state index in [2.05, 4.69) is 10.3 Å². The maximum absolute atomic E-state index is 13.2. The number of carbonyl (C=O) groups is 2. The van der Waals surface area contributed by atoms with Crippen molar-refractivity contribution in [2.75, 3.05) is 26.0 Å². The van der Waals surface area contributed by atoms with Crippen molar-refractivity contribution in [2.45, 2.75) is 25.7 Å². The number of imidazole rings is 1. The third-order valence-electron chi connectivity index (χ3n) is 5.98. The minimum absolute atomic E-state index is 0.0775. The van der Waals surface area contributed by atoms with Gasteiger partial charge in [0.15, 0.2) is 6.61 Å². The minimum atomic E-state index is -0.222. The lowest BCUT2D eigenvalue weighted by molar-refractivity contribution is -0.130. The Hall–Kier alpha value is -3.65. The number of thiophene rings is 1. The zero-order valence-corrected chi connectivity index (χ0v) is 20.0. The number of rotatable bonds is 6. The van der Waals surface area contributed by atoms with Gasteiger partial charge >= 0.3 is 0 Å². The van der Waals surface area contributed by atoms with Crippen molar-refractivity contribution in [1.29, 1.82) is 0 Å². The van der Waals surface area contributed by atoms with Gasteiger partial charge in [-0.3, -0.25) is 9.59 Å². The van der Waals surface area contributed by atoms with E-state index in [9.17, 15) is 9.59 Å². The zero-order valence-electron chi connectivity index (χ0n) is 19.2. The van der Waals surface area contributed by atoms with E-state index in [-0.39, 0.29) is 18.4 Å². The van der Waals surface area contributed by atoms with Crippen LogP contribution in [0.1, 0.15) is 33.6 Å². The average Bonchev–Trinajstić information content (AvgIpc) is 3.43. The van der Waals surface area contributed by atoms with Gasteiger partial charge in [-0.2, -0.15) is 0 Å². The predicted octanol–water partition coefficient (Wildman–Crippen LogP) is 4.89. The van der Waals surface area contributed by atoms with E-state index in [0.29, 0.717) is 11.3 Å². The first-order valence-electron chi connectivity index (χ1n) is 11.3. The van der Waals surface area contributed by atoms with Crippen molar-refractivity contribution in [2.24, 2.45) is 0 Å². The minimum Gasteiger partial charge on any atom is -0.484 e. The fraction of sp³-hybridized carbons (Fsp3) is 0.269. The van der Waals surface area contributed by atoms with E-state index in [0.717, 1.165) is 53.1 Å². The molecule has 0 atom stereocenters. The van der Waals surface area contributed by atoms with Crippen LogP contribution in [0.4, 0.5) is 5.00 Å². The molecular formula is C26H26N4O3S. The highest BCUT2D eigenvalue weighted by Gasteiger charge is 2.25. The van der Waals surface area contributed by atoms with E-state index in [4.69, 9.17) is 9.72 Å². The molecule has 0 saturated heterocycles. The van der Waals surface area contributed by atoms with E-state index in [1.807, 2.05) is 24.3 Å². The summed E-state index contributed by atoms with van der Waals surface area (Å²) in [5, 5.41) is 3.94. The summed E-state index contributed by atoms with van der Waals surface area (Å²) in [6, 6.07) is 14.8. The average molecular weight is 475 g/mol. The number of para-hydroxylation sites is 2. The Balaban J connectivity index is 1.43. The standard InChI is InChI=1S/C26H26N4O3S/c1-30(2)22(31)15-33-17-9-7-8-16(14-17)25(32)29-26-23(18-10-3-6-13-21(18)34-26)24-27-19-11-4-5-12-20(19)28-24/h4-5,7-9,11-12,14H,3,6,10,13,15H2,1-2H3,(H,27,28)(H,29,32). The summed E-state index contributed by atoms with van der Waals surface area (Å²) in [4.78, 5) is 36.1. The number of ether oxygens (including phenoxy) is 1. The van der Waals surface area contributed by atoms with Gasteiger partial charge in [0.25, 0.3) is 11.8 Å². The first-order valence-corrected chi connectivity index (χ1v) is 12.2. The maximum atomic E-state index is 13.2. The number of likely N-dealkylation sites (N-methyl/N-ethyl adjacent to an activating group) is 1. The van der Waals surface area contributed by atoms with Crippen molar-refractivity contribution in [1.82, 2.24) is 14.9 Å². The smallest absolute Gasteiger partial charge is 0.259 e. The van der Waals surface area contributed by atoms with Crippen molar-refractivity contribution in [3.8, 4) is 17.1 Å². The number of aromatic amines is 1. The van der Waals surface area contributed by atoms with E-state index < -0.39 is 0 Å². The molecule has 0 spiro atoms. The number of fused-ring (bicyclic) bond motifs is 2. The van der Waals surface area contributed by atoms with Crippen molar-refractivity contribution in [3.05, 3.63) is 64.5 Å². The highest BCUT2D eigenvalue weighted by atomic mass is 32.1. The Morgan fingerprint density at radius 3 is 2.76 bits per heavy atom. The summed E-state index contributed by atoms with van der Waals surface area (Å²) in [6.07, 6.45) is 4.30. The number of hydrogen-bond donors (Lipinski definition) is 2. The van der Waals surface area contributed by atoms with Gasteiger partial charge in [-0.15, -0.1) is 11.3 Å². The van der Waals surface area contributed by atoms with Gasteiger partial charge < -0.3 is 19.9 Å². The molecule has 2 N–H and O–H groups in total. The molecule has 0 aliphatic heterocycles. The molecule has 2 aromatic carbocycles. The monoisotopic (exact) mass is 474 g/mol. The van der Waals surface area contributed by atoms with Crippen LogP contribution in [0, 0.1) is 0 Å². The Kier molecular flexibility index (Phi) is 6.06. The summed E-state index contributed by atoms with van der Waals surface area (Å²) >= 11 is 1.64. The molecule has 4 aromatic rings. The van der Waals surface area contributed by atoms with Crippen LogP contribution in [0.3, 0.4) is 0 Å². The van der Waals surface area contributed by atoms with Crippen LogP contribution < -0.4 is 10.1 Å². The van der Waals surface area contributed by atoms with Gasteiger partial charge in [-0.05, 0) is 61.6 Å². The van der Waals surface area contributed by atoms with Crippen LogP contribution in [0.5, 0.6) is 5.75 Å². The molecule has 7 nitrogen and oxygen atoms in total. The lowest BCUT2D eigenvalue weighted by atomic mass is 9.95. The fourth-order valence-corrected chi connectivity index (χ4v) is 5.44. The van der Waals surface area contributed by atoms with Crippen molar-refractivity contribution >= 4 is 39.2 Å². The molecule has 174 valence electrons. The first-order chi connectivity index (χ1) is 16.5. The Morgan fingerprint density at radius 1 is 1.12 bits per heavy atom. The van der Waals surface area contributed by atoms with Crippen LogP contribution in [0.2, 0.25) is 0 Å². The largest absolute Gasteiger partial charge is 0.484 e. The van der Waals surface area contributed by atoms with Crippen molar-refractivity contribution in [3.63, 3.8) is 0 Å². The number of benzene rings is 2. The molecule has 5 rings (SSSR count). The normalized spacial score (nSPS) is 12.9. The highest BCUT2D eigenvalue weighted by Crippen LogP contribution is 2.43. The molecular weight excluding hydrogens is 448 g/mol. The lowest BCUT2D eigenvalue weighted by Crippen LogP contribution is -2.27. The number of nitrogens with one attached hydrogen (secondary N) is 2. The summed E-state index contributed by atoms with van der Waals surface area (Å²) in [7, 11) is 3.35. The second-order valence-electron chi connectivity index (χ2n) is 8.58. The summed E-state index contributed by atoms with van der Waals surface area (Å²) in [6.45, 7) is -0.0775. The van der Waals surface area contributed by atoms with Crippen molar-refractivity contribution < 1.29 is 14.3 Å². The van der Waals surface area contributed by atoms with E-state index in [1.54, 1.807) is 49.7 Å². The van der Waals surface area contributed by atoms with Crippen LogP contribution in [-0.4, -0.2) is 47.4 Å². The van der Waals surface area contributed by atoms with Gasteiger partial charge in [0.2, 0.25) is 0 Å². The molecule has 0 radical (unpaired) electrons. The molecule has 2 amide bonds. The number of anilines is 1. The number of H-pyrrole nitrogens is 1. The topological polar surface area (TPSA) is 87.3 Å². The number of aryl methyl sites for hydroxylation is 1. The third-order valence-corrected chi connectivity index (χ3v) is 7.19. The molecule has 0 bridgehead atoms. The predicted molar refractivity (Wildman–Crippen MR) is 135 cm³/mol. The van der Waals surface area contributed by atoms with Gasteiger partial charge in [-0.25, -0.2) is 4.98 Å². The zero-order chi connectivity index (χ0) is 23.7. The lowest BCUT2D eigenvalue weighted by Gasteiger charge is -2.12. The van der Waals surface area contributed by atoms with Gasteiger partial charge in [0.05, 0.1) is 16.6 Å². The Labute approximate surface area is 201 Å². The number of amides is 2. The number of carbonyl (C=O) groups excluding carboxylic acids is 2. The van der Waals surface area contributed by atoms with Gasteiger partial charge in [-0.1, -0.05) is 18.2 Å². The second-order valence-corrected chi connectivity index (χ2v) is 9.68. The molecule has 1 aliphatic carbocycles.